The van der Waals surface area contributed by atoms with E-state index in [0.29, 0.717) is 13.2 Å². The second-order valence-electron chi connectivity index (χ2n) is 2.49. The fraction of sp³-hybridized carbons (Fsp3) is 1.00. The van der Waals surface area contributed by atoms with Gasteiger partial charge in [0.1, 0.15) is 0 Å². The van der Waals surface area contributed by atoms with E-state index < -0.39 is 7.82 Å². The Morgan fingerprint density at radius 3 is 2.91 bits per heavy atom. The third-order valence-corrected chi connectivity index (χ3v) is 2.81. The number of phosphoric ester groups is 1. The first-order chi connectivity index (χ1) is 5.16. The van der Waals surface area contributed by atoms with Gasteiger partial charge in [-0.25, -0.2) is 4.57 Å². The van der Waals surface area contributed by atoms with E-state index in [1.54, 1.807) is 6.92 Å². The van der Waals surface area contributed by atoms with Gasteiger partial charge in [-0.2, -0.15) is 0 Å². The first kappa shape index (κ1) is 9.20. The summed E-state index contributed by atoms with van der Waals surface area (Å²) in [6, 6.07) is 0. The lowest BCUT2D eigenvalue weighted by Gasteiger charge is -2.08. The van der Waals surface area contributed by atoms with Gasteiger partial charge in [-0.15, -0.1) is 0 Å². The molecule has 1 aliphatic rings. The predicted molar refractivity (Wildman–Crippen MR) is 40.3 cm³/mol. The molecule has 1 rings (SSSR count). The second kappa shape index (κ2) is 3.68. The zero-order valence-corrected chi connectivity index (χ0v) is 7.67. The second-order valence-corrected chi connectivity index (χ2v) is 4.11. The first-order valence-corrected chi connectivity index (χ1v) is 5.20. The van der Waals surface area contributed by atoms with Gasteiger partial charge in [-0.1, -0.05) is 6.92 Å². The molecule has 0 amide bonds. The highest BCUT2D eigenvalue weighted by atomic mass is 31.2. The summed E-state index contributed by atoms with van der Waals surface area (Å²) < 4.78 is 26.1. The van der Waals surface area contributed by atoms with Crippen LogP contribution in [0.4, 0.5) is 0 Å². The fourth-order valence-corrected chi connectivity index (χ4v) is 2.24. The van der Waals surface area contributed by atoms with Crippen molar-refractivity contribution < 1.29 is 18.1 Å². The number of hydrogen-bond acceptors (Lipinski definition) is 4. The van der Waals surface area contributed by atoms with Gasteiger partial charge in [-0.3, -0.25) is 13.6 Å². The van der Waals surface area contributed by atoms with Crippen LogP contribution >= 0.6 is 7.82 Å². The summed E-state index contributed by atoms with van der Waals surface area (Å²) in [6.07, 6.45) is 0.697. The van der Waals surface area contributed by atoms with Gasteiger partial charge in [0.05, 0.1) is 19.3 Å². The Morgan fingerprint density at radius 1 is 1.73 bits per heavy atom. The molecule has 0 saturated carbocycles. The highest BCUT2D eigenvalue weighted by Crippen LogP contribution is 2.54. The molecule has 66 valence electrons. The molecule has 1 aliphatic heterocycles. The summed E-state index contributed by atoms with van der Waals surface area (Å²) in [5, 5.41) is 0. The maximum Gasteiger partial charge on any atom is 0.475 e. The van der Waals surface area contributed by atoms with Crippen LogP contribution in [-0.4, -0.2) is 19.3 Å². The highest BCUT2D eigenvalue weighted by Gasteiger charge is 2.35. The molecule has 11 heavy (non-hydrogen) atoms. The molecule has 1 heterocycles. The quantitative estimate of drug-likeness (QED) is 0.622. The summed E-state index contributed by atoms with van der Waals surface area (Å²) in [4.78, 5) is 0. The minimum absolute atomic E-state index is 0.113. The predicted octanol–water partition coefficient (Wildman–Crippen LogP) is 1.96. The fourth-order valence-electron chi connectivity index (χ4n) is 0.748. The van der Waals surface area contributed by atoms with Gasteiger partial charge in [0, 0.05) is 0 Å². The topological polar surface area (TPSA) is 44.8 Å². The van der Waals surface area contributed by atoms with Gasteiger partial charge in [-0.05, 0) is 13.3 Å². The maximum atomic E-state index is 11.3. The van der Waals surface area contributed by atoms with Crippen molar-refractivity contribution in [2.45, 2.75) is 26.4 Å². The van der Waals surface area contributed by atoms with Crippen LogP contribution < -0.4 is 0 Å². The van der Waals surface area contributed by atoms with Crippen molar-refractivity contribution in [3.05, 3.63) is 0 Å². The normalized spacial score (nSPS) is 37.8. The molecule has 2 atom stereocenters. The van der Waals surface area contributed by atoms with Crippen LogP contribution in [0.2, 0.25) is 0 Å². The van der Waals surface area contributed by atoms with Crippen LogP contribution in [0.3, 0.4) is 0 Å². The van der Waals surface area contributed by atoms with Gasteiger partial charge in [0.15, 0.2) is 0 Å². The minimum Gasteiger partial charge on any atom is -0.287 e. The van der Waals surface area contributed by atoms with Crippen LogP contribution in [0.1, 0.15) is 20.3 Å². The third kappa shape index (κ3) is 2.56. The lowest BCUT2D eigenvalue weighted by Crippen LogP contribution is -2.00. The van der Waals surface area contributed by atoms with Crippen molar-refractivity contribution in [1.29, 1.82) is 0 Å². The van der Waals surface area contributed by atoms with E-state index in [2.05, 4.69) is 0 Å². The van der Waals surface area contributed by atoms with Crippen molar-refractivity contribution in [2.75, 3.05) is 13.2 Å². The van der Waals surface area contributed by atoms with Crippen LogP contribution in [-0.2, 0) is 18.1 Å². The summed E-state index contributed by atoms with van der Waals surface area (Å²) in [5.41, 5.74) is 0. The Labute approximate surface area is 66.4 Å². The monoisotopic (exact) mass is 180 g/mol. The molecule has 0 N–H and O–H groups in total. The van der Waals surface area contributed by atoms with E-state index in [-0.39, 0.29) is 6.10 Å². The van der Waals surface area contributed by atoms with E-state index in [0.717, 1.165) is 6.42 Å². The summed E-state index contributed by atoms with van der Waals surface area (Å²) in [6.45, 7) is 4.52. The lowest BCUT2D eigenvalue weighted by molar-refractivity contribution is 0.178. The largest absolute Gasteiger partial charge is 0.475 e. The van der Waals surface area contributed by atoms with Crippen molar-refractivity contribution in [3.8, 4) is 0 Å². The molecule has 5 heteroatoms. The molecule has 0 radical (unpaired) electrons. The number of hydrogen-bond donors (Lipinski definition) is 0. The third-order valence-electron chi connectivity index (χ3n) is 1.23. The molecule has 1 saturated heterocycles. The SMILES string of the molecule is CCCOP1(=O)OCC(C)O1. The minimum atomic E-state index is -3.14. The van der Waals surface area contributed by atoms with Crippen LogP contribution in [0, 0.1) is 0 Å². The standard InChI is InChI=1S/C6H13O4P/c1-3-4-8-11(7)9-5-6(2)10-11/h6H,3-5H2,1-2H3. The van der Waals surface area contributed by atoms with Crippen molar-refractivity contribution >= 4 is 7.82 Å². The summed E-state index contributed by atoms with van der Waals surface area (Å²) >= 11 is 0. The summed E-state index contributed by atoms with van der Waals surface area (Å²) in [7, 11) is -3.14. The zero-order valence-electron chi connectivity index (χ0n) is 6.78. The zero-order chi connectivity index (χ0) is 8.32. The molecule has 0 aliphatic carbocycles. The van der Waals surface area contributed by atoms with E-state index >= 15 is 0 Å². The van der Waals surface area contributed by atoms with E-state index in [1.807, 2.05) is 6.92 Å². The van der Waals surface area contributed by atoms with Gasteiger partial charge >= 0.3 is 7.82 Å². The molecule has 2 unspecified atom stereocenters. The number of rotatable bonds is 3. The molecule has 4 nitrogen and oxygen atoms in total. The van der Waals surface area contributed by atoms with Crippen molar-refractivity contribution in [2.24, 2.45) is 0 Å². The Morgan fingerprint density at radius 2 is 2.45 bits per heavy atom. The van der Waals surface area contributed by atoms with Crippen molar-refractivity contribution in [1.82, 2.24) is 0 Å². The van der Waals surface area contributed by atoms with E-state index in [1.165, 1.54) is 0 Å². The van der Waals surface area contributed by atoms with E-state index in [4.69, 9.17) is 13.6 Å². The van der Waals surface area contributed by atoms with Crippen molar-refractivity contribution in [3.63, 3.8) is 0 Å². The molecular formula is C6H13O4P. The smallest absolute Gasteiger partial charge is 0.287 e. The Bertz CT molecular complexity index is 170. The summed E-state index contributed by atoms with van der Waals surface area (Å²) in [5.74, 6) is 0. The van der Waals surface area contributed by atoms with E-state index in [9.17, 15) is 4.57 Å². The molecule has 0 aromatic heterocycles. The molecular weight excluding hydrogens is 167 g/mol. The molecule has 0 aromatic carbocycles. The van der Waals surface area contributed by atoms with Gasteiger partial charge in [0.2, 0.25) is 0 Å². The Hall–Kier alpha value is 0.110. The number of phosphoric acid groups is 1. The highest BCUT2D eigenvalue weighted by molar-refractivity contribution is 7.48. The van der Waals surface area contributed by atoms with Gasteiger partial charge < -0.3 is 0 Å². The maximum absolute atomic E-state index is 11.3. The molecule has 0 bridgehead atoms. The average Bonchev–Trinajstić information content (AvgIpc) is 2.28. The Balaban J connectivity index is 2.36. The first-order valence-electron chi connectivity index (χ1n) is 3.74. The molecule has 1 fully saturated rings. The lowest BCUT2D eigenvalue weighted by atomic mass is 10.5. The van der Waals surface area contributed by atoms with Crippen LogP contribution in [0.5, 0.6) is 0 Å². The van der Waals surface area contributed by atoms with Crippen LogP contribution in [0.25, 0.3) is 0 Å². The van der Waals surface area contributed by atoms with Crippen LogP contribution in [0.15, 0.2) is 0 Å². The average molecular weight is 180 g/mol. The van der Waals surface area contributed by atoms with Gasteiger partial charge in [0.25, 0.3) is 0 Å². The Kier molecular flexibility index (Phi) is 3.07. The molecule has 0 spiro atoms. The molecule has 0 aromatic rings.